The fraction of sp³-hybridized carbons (Fsp3) is 0.316. The van der Waals surface area contributed by atoms with Gasteiger partial charge in [-0.1, -0.05) is 0 Å². The number of alkyl halides is 5. The highest BCUT2D eigenvalue weighted by Gasteiger charge is 2.44. The van der Waals surface area contributed by atoms with Crippen LogP contribution in [0, 0.1) is 5.82 Å². The van der Waals surface area contributed by atoms with E-state index in [0.29, 0.717) is 0 Å². The minimum atomic E-state index is -4.65. The van der Waals surface area contributed by atoms with E-state index >= 15 is 0 Å². The zero-order valence-corrected chi connectivity index (χ0v) is 16.1. The van der Waals surface area contributed by atoms with Crippen LogP contribution in [-0.2, 0) is 4.74 Å². The number of pyridine rings is 1. The number of nitrogens with two attached hydrogens (primary N) is 1. The molecule has 13 heteroatoms. The van der Waals surface area contributed by atoms with E-state index < -0.39 is 60.1 Å². The molecule has 3 rings (SSSR count). The summed E-state index contributed by atoms with van der Waals surface area (Å²) in [4.78, 5) is 19.8. The van der Waals surface area contributed by atoms with E-state index in [1.54, 1.807) is 0 Å². The first-order chi connectivity index (χ1) is 15.0. The summed E-state index contributed by atoms with van der Waals surface area (Å²) in [5, 5.41) is 2.27. The molecule has 0 saturated heterocycles. The van der Waals surface area contributed by atoms with Crippen LogP contribution in [0.1, 0.15) is 22.1 Å². The highest BCUT2D eigenvalue weighted by molar-refractivity contribution is 6.04. The van der Waals surface area contributed by atoms with Gasteiger partial charge in [-0.3, -0.25) is 9.79 Å². The lowest BCUT2D eigenvalue weighted by molar-refractivity contribution is -0.153. The second kappa shape index (κ2) is 9.02. The molecular formula is C19H16F6N4O3. The number of amidine groups is 1. The summed E-state index contributed by atoms with van der Waals surface area (Å²) in [5.41, 5.74) is 4.32. The van der Waals surface area contributed by atoms with Gasteiger partial charge in [0.2, 0.25) is 0 Å². The maximum atomic E-state index is 14.4. The second-order valence-corrected chi connectivity index (χ2v) is 6.72. The Kier molecular flexibility index (Phi) is 6.57. The van der Waals surface area contributed by atoms with Crippen LogP contribution < -0.4 is 15.8 Å². The van der Waals surface area contributed by atoms with Gasteiger partial charge < -0.3 is 20.5 Å². The van der Waals surface area contributed by atoms with Crippen molar-refractivity contribution in [2.75, 3.05) is 25.1 Å². The minimum Gasteiger partial charge on any atom is -0.482 e. The van der Waals surface area contributed by atoms with Crippen molar-refractivity contribution in [1.29, 1.82) is 0 Å². The summed E-state index contributed by atoms with van der Waals surface area (Å²) in [6.07, 6.45) is -3.50. The van der Waals surface area contributed by atoms with Crippen molar-refractivity contribution in [2.24, 2.45) is 10.7 Å². The average molecular weight is 462 g/mol. The molecule has 0 aliphatic carbocycles. The molecule has 1 aromatic heterocycles. The first kappa shape index (κ1) is 23.3. The third-order valence-electron chi connectivity index (χ3n) is 4.16. The minimum absolute atomic E-state index is 0.131. The number of halogens is 6. The molecule has 172 valence electrons. The Labute approximate surface area is 177 Å². The number of benzene rings is 1. The lowest BCUT2D eigenvalue weighted by atomic mass is 10.00. The van der Waals surface area contributed by atoms with Crippen LogP contribution in [0.3, 0.4) is 0 Å². The molecule has 3 N–H and O–H groups in total. The number of nitrogens with one attached hydrogen (secondary N) is 1. The number of carbonyl (C=O) groups is 1. The molecule has 7 nitrogen and oxygen atoms in total. The Bertz CT molecular complexity index is 1030. The Hall–Kier alpha value is -3.35. The van der Waals surface area contributed by atoms with Gasteiger partial charge in [-0.05, 0) is 30.3 Å². The highest BCUT2D eigenvalue weighted by atomic mass is 19.4. The number of aromatic nitrogens is 1. The van der Waals surface area contributed by atoms with Crippen LogP contribution in [0.2, 0.25) is 0 Å². The molecule has 1 amide bonds. The van der Waals surface area contributed by atoms with Crippen molar-refractivity contribution in [3.63, 3.8) is 0 Å². The number of amides is 1. The predicted molar refractivity (Wildman–Crippen MR) is 100 cm³/mol. The smallest absolute Gasteiger partial charge is 0.422 e. The number of carbonyl (C=O) groups excluding carboxylic acids is 1. The van der Waals surface area contributed by atoms with Gasteiger partial charge in [0.25, 0.3) is 11.8 Å². The summed E-state index contributed by atoms with van der Waals surface area (Å²) in [7, 11) is 0. The monoisotopic (exact) mass is 462 g/mol. The largest absolute Gasteiger partial charge is 0.482 e. The third-order valence-corrected chi connectivity index (χ3v) is 4.16. The van der Waals surface area contributed by atoms with Gasteiger partial charge in [-0.15, -0.1) is 0 Å². The van der Waals surface area contributed by atoms with Crippen molar-refractivity contribution in [1.82, 2.24) is 4.98 Å². The molecule has 1 aliphatic rings. The molecule has 0 fully saturated rings. The van der Waals surface area contributed by atoms with Crippen LogP contribution in [0.5, 0.6) is 5.75 Å². The molecule has 2 heterocycles. The molecule has 1 aliphatic heterocycles. The molecule has 1 atom stereocenters. The number of nitrogens with zero attached hydrogens (tertiary/aromatic N) is 2. The van der Waals surface area contributed by atoms with Gasteiger partial charge in [0.1, 0.15) is 30.9 Å². The quantitative estimate of drug-likeness (QED) is 0.663. The van der Waals surface area contributed by atoms with Gasteiger partial charge >= 0.3 is 6.18 Å². The fourth-order valence-electron chi connectivity index (χ4n) is 2.82. The topological polar surface area (TPSA) is 98.8 Å². The Morgan fingerprint density at radius 1 is 1.31 bits per heavy atom. The number of ether oxygens (including phenoxy) is 2. The van der Waals surface area contributed by atoms with Crippen LogP contribution >= 0.6 is 0 Å². The first-order valence-corrected chi connectivity index (χ1v) is 8.99. The Morgan fingerprint density at radius 3 is 2.78 bits per heavy atom. The normalized spacial score (nSPS) is 18.4. The van der Waals surface area contributed by atoms with Gasteiger partial charge in [-0.25, -0.2) is 18.2 Å². The first-order valence-electron chi connectivity index (χ1n) is 8.99. The molecule has 0 saturated carbocycles. The standard InChI is InChI=1S/C19H16F6N4O3/c20-12-4-3-10(6-11(12)16-18(21,22)8-31-7-14(26)29-16)28-17(30)15-13(2-1-5-27-15)32-9-19(23,24)25/h1-6,16H,7-9H2,(H2,26,29)(H,28,30). The summed E-state index contributed by atoms with van der Waals surface area (Å²) >= 11 is 0. The zero-order chi connectivity index (χ0) is 23.5. The second-order valence-electron chi connectivity index (χ2n) is 6.72. The molecule has 1 unspecified atom stereocenters. The summed E-state index contributed by atoms with van der Waals surface area (Å²) in [6, 6.07) is 3.19. The van der Waals surface area contributed by atoms with Crippen LogP contribution in [0.25, 0.3) is 0 Å². The van der Waals surface area contributed by atoms with Crippen molar-refractivity contribution >= 4 is 17.4 Å². The maximum absolute atomic E-state index is 14.4. The van der Waals surface area contributed by atoms with E-state index in [-0.39, 0.29) is 18.1 Å². The SMILES string of the molecule is NC1=NC(c2cc(NC(=O)c3ncccc3OCC(F)(F)F)ccc2F)C(F)(F)COC1. The van der Waals surface area contributed by atoms with E-state index in [1.165, 1.54) is 6.07 Å². The van der Waals surface area contributed by atoms with Crippen LogP contribution in [0.15, 0.2) is 41.5 Å². The average Bonchev–Trinajstić information content (AvgIpc) is 2.84. The van der Waals surface area contributed by atoms with Crippen molar-refractivity contribution < 1.29 is 40.6 Å². The van der Waals surface area contributed by atoms with Gasteiger partial charge in [0.15, 0.2) is 18.1 Å². The Balaban J connectivity index is 1.87. The summed E-state index contributed by atoms with van der Waals surface area (Å²) < 4.78 is 89.8. The third kappa shape index (κ3) is 5.66. The number of hydrogen-bond acceptors (Lipinski definition) is 6. The van der Waals surface area contributed by atoms with Crippen LogP contribution in [-0.4, -0.2) is 48.6 Å². The van der Waals surface area contributed by atoms with E-state index in [4.69, 9.17) is 10.5 Å². The molecular weight excluding hydrogens is 446 g/mol. The molecule has 0 spiro atoms. The maximum Gasteiger partial charge on any atom is 0.422 e. The molecule has 2 aromatic rings. The zero-order valence-electron chi connectivity index (χ0n) is 16.1. The molecule has 1 aromatic carbocycles. The van der Waals surface area contributed by atoms with Gasteiger partial charge in [0, 0.05) is 17.4 Å². The van der Waals surface area contributed by atoms with E-state index in [1.807, 2.05) is 0 Å². The Morgan fingerprint density at radius 2 is 2.06 bits per heavy atom. The van der Waals surface area contributed by atoms with Gasteiger partial charge in [0.05, 0.1) is 0 Å². The number of anilines is 1. The highest BCUT2D eigenvalue weighted by Crippen LogP contribution is 2.38. The lowest BCUT2D eigenvalue weighted by Gasteiger charge is -2.22. The van der Waals surface area contributed by atoms with Gasteiger partial charge in [-0.2, -0.15) is 13.2 Å². The predicted octanol–water partition coefficient (Wildman–Crippen LogP) is 3.48. The van der Waals surface area contributed by atoms with E-state index in [2.05, 4.69) is 20.0 Å². The summed E-state index contributed by atoms with van der Waals surface area (Å²) in [5.74, 6) is -6.34. The van der Waals surface area contributed by atoms with E-state index in [9.17, 15) is 31.1 Å². The molecule has 0 radical (unpaired) electrons. The molecule has 0 bridgehead atoms. The van der Waals surface area contributed by atoms with E-state index in [0.717, 1.165) is 30.5 Å². The van der Waals surface area contributed by atoms with Crippen molar-refractivity contribution in [3.8, 4) is 5.75 Å². The van der Waals surface area contributed by atoms with Crippen molar-refractivity contribution in [2.45, 2.75) is 18.1 Å². The number of hydrogen-bond donors (Lipinski definition) is 2. The molecule has 32 heavy (non-hydrogen) atoms. The van der Waals surface area contributed by atoms with Crippen molar-refractivity contribution in [3.05, 3.63) is 53.6 Å². The lowest BCUT2D eigenvalue weighted by Crippen LogP contribution is -2.30. The van der Waals surface area contributed by atoms with Crippen LogP contribution in [0.4, 0.5) is 32.0 Å². The number of aliphatic imine (C=N–C) groups is 1. The summed E-state index contributed by atoms with van der Waals surface area (Å²) in [6.45, 7) is -3.06. The number of rotatable bonds is 5. The fourth-order valence-corrected chi connectivity index (χ4v) is 2.82.